The molecule has 0 unspecified atom stereocenters. The van der Waals surface area contributed by atoms with Crippen molar-refractivity contribution >= 4 is 39.2 Å². The van der Waals surface area contributed by atoms with Gasteiger partial charge in [-0.25, -0.2) is 4.39 Å². The van der Waals surface area contributed by atoms with Crippen LogP contribution < -0.4 is 4.90 Å². The molecule has 9 heteroatoms. The maximum Gasteiger partial charge on any atom is 0.326 e. The van der Waals surface area contributed by atoms with Crippen LogP contribution in [0, 0.1) is 15.9 Å². The molecule has 0 heterocycles. The molecule has 1 amide bonds. The smallest absolute Gasteiger partial charge is 0.326 e. The molecule has 7 nitrogen and oxygen atoms in total. The van der Waals surface area contributed by atoms with Gasteiger partial charge in [-0.3, -0.25) is 24.6 Å². The number of rotatable bonds is 6. The topological polar surface area (TPSA) is 89.8 Å². The van der Waals surface area contributed by atoms with Crippen molar-refractivity contribution in [1.29, 1.82) is 0 Å². The summed E-state index contributed by atoms with van der Waals surface area (Å²) in [5.74, 6) is -2.10. The fraction of sp³-hybridized carbons (Fsp3) is 0.176. The van der Waals surface area contributed by atoms with E-state index in [-0.39, 0.29) is 23.5 Å². The Kier molecular flexibility index (Phi) is 6.40. The molecule has 0 N–H and O–H groups in total. The van der Waals surface area contributed by atoms with Gasteiger partial charge in [0.15, 0.2) is 0 Å². The number of nitro groups is 1. The second-order valence-electron chi connectivity index (χ2n) is 5.10. The molecule has 0 fully saturated rings. The number of hydrogen-bond acceptors (Lipinski definition) is 5. The number of hydrogen-bond donors (Lipinski definition) is 0. The number of non-ortho nitro benzene ring substituents is 1. The number of amides is 1. The molecule has 0 aliphatic rings. The largest absolute Gasteiger partial charge is 0.465 e. The third-order valence-electron chi connectivity index (χ3n) is 3.36. The van der Waals surface area contributed by atoms with E-state index in [2.05, 4.69) is 15.9 Å². The van der Waals surface area contributed by atoms with Gasteiger partial charge in [-0.1, -0.05) is 15.9 Å². The minimum atomic E-state index is -0.709. The summed E-state index contributed by atoms with van der Waals surface area (Å²) in [6.45, 7) is 1.23. The lowest BCUT2D eigenvalue weighted by Gasteiger charge is -2.22. The van der Waals surface area contributed by atoms with Crippen LogP contribution in [0.15, 0.2) is 46.9 Å². The molecule has 2 aromatic rings. The van der Waals surface area contributed by atoms with Crippen LogP contribution in [0.3, 0.4) is 0 Å². The Morgan fingerprint density at radius 3 is 2.42 bits per heavy atom. The van der Waals surface area contributed by atoms with Gasteiger partial charge in [0, 0.05) is 22.2 Å². The summed E-state index contributed by atoms with van der Waals surface area (Å²) in [7, 11) is 0. The predicted molar refractivity (Wildman–Crippen MR) is 95.5 cm³/mol. The Balaban J connectivity index is 2.40. The van der Waals surface area contributed by atoms with Crippen molar-refractivity contribution in [2.75, 3.05) is 18.1 Å². The number of esters is 1. The van der Waals surface area contributed by atoms with Crippen LogP contribution >= 0.6 is 15.9 Å². The van der Waals surface area contributed by atoms with Crippen molar-refractivity contribution in [3.63, 3.8) is 0 Å². The fourth-order valence-corrected chi connectivity index (χ4v) is 2.52. The highest BCUT2D eigenvalue weighted by atomic mass is 79.9. The lowest BCUT2D eigenvalue weighted by Crippen LogP contribution is -2.37. The lowest BCUT2D eigenvalue weighted by molar-refractivity contribution is -0.384. The average Bonchev–Trinajstić information content (AvgIpc) is 2.60. The molecule has 0 bridgehead atoms. The Morgan fingerprint density at radius 1 is 1.23 bits per heavy atom. The van der Waals surface area contributed by atoms with Crippen LogP contribution in [0.4, 0.5) is 15.8 Å². The van der Waals surface area contributed by atoms with E-state index in [1.165, 1.54) is 24.3 Å². The number of benzene rings is 2. The minimum absolute atomic E-state index is 0.0715. The zero-order chi connectivity index (χ0) is 19.3. The van der Waals surface area contributed by atoms with Crippen LogP contribution in [0.25, 0.3) is 0 Å². The highest BCUT2D eigenvalue weighted by molar-refractivity contribution is 9.10. The molecule has 2 rings (SSSR count). The number of carbonyl (C=O) groups is 2. The van der Waals surface area contributed by atoms with Gasteiger partial charge in [0.25, 0.3) is 11.6 Å². The van der Waals surface area contributed by atoms with Crippen LogP contribution in [-0.4, -0.2) is 30.0 Å². The van der Waals surface area contributed by atoms with Gasteiger partial charge in [0.05, 0.1) is 17.2 Å². The van der Waals surface area contributed by atoms with E-state index in [1.807, 2.05) is 0 Å². The maximum atomic E-state index is 14.3. The number of carbonyl (C=O) groups excluding carboxylic acids is 2. The van der Waals surface area contributed by atoms with E-state index in [1.54, 1.807) is 6.92 Å². The molecule has 2 aromatic carbocycles. The summed E-state index contributed by atoms with van der Waals surface area (Å²) in [6, 6.07) is 8.85. The Bertz CT molecular complexity index is 842. The van der Waals surface area contributed by atoms with Crippen molar-refractivity contribution in [2.24, 2.45) is 0 Å². The number of ether oxygens (including phenoxy) is 1. The van der Waals surface area contributed by atoms with Gasteiger partial charge < -0.3 is 4.74 Å². The second kappa shape index (κ2) is 8.52. The van der Waals surface area contributed by atoms with Crippen molar-refractivity contribution in [2.45, 2.75) is 6.92 Å². The zero-order valence-corrected chi connectivity index (χ0v) is 15.2. The summed E-state index contributed by atoms with van der Waals surface area (Å²) in [5, 5.41) is 10.7. The van der Waals surface area contributed by atoms with Crippen LogP contribution in [0.1, 0.15) is 17.3 Å². The number of nitro benzene ring substituents is 1. The van der Waals surface area contributed by atoms with Crippen LogP contribution in [0.5, 0.6) is 0 Å². The van der Waals surface area contributed by atoms with E-state index < -0.39 is 29.2 Å². The van der Waals surface area contributed by atoms with Crippen molar-refractivity contribution in [3.05, 3.63) is 68.4 Å². The third-order valence-corrected chi connectivity index (χ3v) is 3.86. The molecule has 0 saturated heterocycles. The molecule has 0 spiro atoms. The first-order valence-electron chi connectivity index (χ1n) is 7.50. The molecule has 0 aliphatic carbocycles. The van der Waals surface area contributed by atoms with Gasteiger partial charge in [0.2, 0.25) is 0 Å². The number of halogens is 2. The fourth-order valence-electron chi connectivity index (χ4n) is 2.18. The van der Waals surface area contributed by atoms with Gasteiger partial charge in [0.1, 0.15) is 12.4 Å². The minimum Gasteiger partial charge on any atom is -0.465 e. The first-order valence-corrected chi connectivity index (χ1v) is 8.29. The van der Waals surface area contributed by atoms with Crippen molar-refractivity contribution < 1.29 is 23.6 Å². The summed E-state index contributed by atoms with van der Waals surface area (Å²) < 4.78 is 19.6. The van der Waals surface area contributed by atoms with Gasteiger partial charge in [-0.2, -0.15) is 0 Å². The standard InChI is InChI=1S/C17H14BrFN2O5/c1-2-26-16(22)10-20(15-8-5-12(18)9-14(15)19)17(23)11-3-6-13(7-4-11)21(24)25/h3-9H,2,10H2,1H3. The van der Waals surface area contributed by atoms with Crippen molar-refractivity contribution in [1.82, 2.24) is 0 Å². The van der Waals surface area contributed by atoms with E-state index in [9.17, 15) is 24.1 Å². The van der Waals surface area contributed by atoms with E-state index in [0.717, 1.165) is 23.1 Å². The monoisotopic (exact) mass is 424 g/mol. The number of nitrogens with zero attached hydrogens (tertiary/aromatic N) is 2. The van der Waals surface area contributed by atoms with Gasteiger partial charge in [-0.05, 0) is 37.3 Å². The summed E-state index contributed by atoms with van der Waals surface area (Å²) >= 11 is 3.13. The van der Waals surface area contributed by atoms with E-state index in [4.69, 9.17) is 4.74 Å². The third kappa shape index (κ3) is 4.63. The molecule has 26 heavy (non-hydrogen) atoms. The first-order chi connectivity index (χ1) is 12.3. The molecule has 0 atom stereocenters. The molecule has 136 valence electrons. The normalized spacial score (nSPS) is 10.3. The maximum absolute atomic E-state index is 14.3. The van der Waals surface area contributed by atoms with Crippen molar-refractivity contribution in [3.8, 4) is 0 Å². The summed E-state index contributed by atoms with van der Waals surface area (Å²) in [5.41, 5.74) is -0.222. The number of anilines is 1. The zero-order valence-electron chi connectivity index (χ0n) is 13.6. The highest BCUT2D eigenvalue weighted by Gasteiger charge is 2.24. The van der Waals surface area contributed by atoms with Gasteiger partial charge in [-0.15, -0.1) is 0 Å². The highest BCUT2D eigenvalue weighted by Crippen LogP contribution is 2.25. The molecule has 0 aromatic heterocycles. The van der Waals surface area contributed by atoms with Crippen LogP contribution in [0.2, 0.25) is 0 Å². The summed E-state index contributed by atoms with van der Waals surface area (Å²) in [6.07, 6.45) is 0. The first kappa shape index (κ1) is 19.5. The molecule has 0 saturated carbocycles. The molecular weight excluding hydrogens is 411 g/mol. The predicted octanol–water partition coefficient (Wildman–Crippen LogP) is 3.71. The Hall–Kier alpha value is -2.81. The average molecular weight is 425 g/mol. The Morgan fingerprint density at radius 2 is 1.88 bits per heavy atom. The van der Waals surface area contributed by atoms with Gasteiger partial charge >= 0.3 is 5.97 Å². The lowest BCUT2D eigenvalue weighted by atomic mass is 10.1. The quantitative estimate of drug-likeness (QED) is 0.400. The van der Waals surface area contributed by atoms with E-state index in [0.29, 0.717) is 4.47 Å². The second-order valence-corrected chi connectivity index (χ2v) is 6.01. The molecule has 0 radical (unpaired) electrons. The SMILES string of the molecule is CCOC(=O)CN(C(=O)c1ccc([N+](=O)[O-])cc1)c1ccc(Br)cc1F. The molecular formula is C17H14BrFN2O5. The summed E-state index contributed by atoms with van der Waals surface area (Å²) in [4.78, 5) is 35.7. The Labute approximate surface area is 156 Å². The van der Waals surface area contributed by atoms with Crippen LogP contribution in [-0.2, 0) is 9.53 Å². The van der Waals surface area contributed by atoms with E-state index >= 15 is 0 Å². The molecule has 0 aliphatic heterocycles.